The third-order valence-corrected chi connectivity index (χ3v) is 5.68. The van der Waals surface area contributed by atoms with E-state index >= 15 is 0 Å². The zero-order valence-electron chi connectivity index (χ0n) is 16.0. The highest BCUT2D eigenvalue weighted by molar-refractivity contribution is 7.99. The Kier molecular flexibility index (Phi) is 7.58. The predicted molar refractivity (Wildman–Crippen MR) is 121 cm³/mol. The number of carbonyl (C=O) groups is 1. The van der Waals surface area contributed by atoms with Crippen LogP contribution in [0.1, 0.15) is 12.0 Å². The van der Waals surface area contributed by atoms with Crippen LogP contribution in [0.5, 0.6) is 5.75 Å². The summed E-state index contributed by atoms with van der Waals surface area (Å²) >= 11 is 13.3. The van der Waals surface area contributed by atoms with Crippen LogP contribution in [0.15, 0.2) is 59.6 Å². The SMILES string of the molecule is COc1ccc(-c2ccc(C#N)c(SCCC(=O)Nc3ccc(Cl)cc3Cl)n2)cc1. The number of rotatable bonds is 7. The molecule has 1 aromatic heterocycles. The molecular weight excluding hydrogens is 441 g/mol. The number of pyridine rings is 1. The molecule has 1 heterocycles. The Morgan fingerprint density at radius 3 is 2.60 bits per heavy atom. The summed E-state index contributed by atoms with van der Waals surface area (Å²) in [4.78, 5) is 16.8. The fraction of sp³-hybridized carbons (Fsp3) is 0.136. The van der Waals surface area contributed by atoms with Gasteiger partial charge in [0.25, 0.3) is 0 Å². The highest BCUT2D eigenvalue weighted by Crippen LogP contribution is 2.28. The van der Waals surface area contributed by atoms with E-state index in [1.165, 1.54) is 11.8 Å². The molecule has 0 atom stereocenters. The number of amides is 1. The Bertz CT molecular complexity index is 1100. The van der Waals surface area contributed by atoms with Crippen molar-refractivity contribution < 1.29 is 9.53 Å². The molecule has 0 saturated heterocycles. The van der Waals surface area contributed by atoms with Gasteiger partial charge in [0.05, 0.1) is 29.1 Å². The zero-order chi connectivity index (χ0) is 21.5. The molecule has 30 heavy (non-hydrogen) atoms. The summed E-state index contributed by atoms with van der Waals surface area (Å²) in [6.45, 7) is 0. The highest BCUT2D eigenvalue weighted by Gasteiger charge is 2.11. The van der Waals surface area contributed by atoms with Crippen molar-refractivity contribution in [3.8, 4) is 23.1 Å². The van der Waals surface area contributed by atoms with Crippen LogP contribution in [-0.4, -0.2) is 23.8 Å². The maximum Gasteiger partial charge on any atom is 0.225 e. The van der Waals surface area contributed by atoms with Gasteiger partial charge in [0.1, 0.15) is 16.8 Å². The monoisotopic (exact) mass is 457 g/mol. The number of benzene rings is 2. The molecular formula is C22H17Cl2N3O2S. The lowest BCUT2D eigenvalue weighted by Crippen LogP contribution is -2.12. The molecule has 0 saturated carbocycles. The van der Waals surface area contributed by atoms with Gasteiger partial charge in [0.2, 0.25) is 5.91 Å². The number of anilines is 1. The number of methoxy groups -OCH3 is 1. The van der Waals surface area contributed by atoms with E-state index in [0.29, 0.717) is 32.1 Å². The number of ether oxygens (including phenoxy) is 1. The molecule has 0 unspecified atom stereocenters. The first-order valence-electron chi connectivity index (χ1n) is 8.93. The van der Waals surface area contributed by atoms with E-state index in [2.05, 4.69) is 16.4 Å². The summed E-state index contributed by atoms with van der Waals surface area (Å²) in [6.07, 6.45) is 0.239. The van der Waals surface area contributed by atoms with Crippen molar-refractivity contribution >= 4 is 46.6 Å². The quantitative estimate of drug-likeness (QED) is 0.436. The Hall–Kier alpha value is -2.72. The maximum atomic E-state index is 12.2. The van der Waals surface area contributed by atoms with Crippen molar-refractivity contribution in [3.05, 3.63) is 70.2 Å². The molecule has 1 N–H and O–H groups in total. The van der Waals surface area contributed by atoms with Gasteiger partial charge in [-0.15, -0.1) is 11.8 Å². The van der Waals surface area contributed by atoms with Gasteiger partial charge in [-0.25, -0.2) is 4.98 Å². The van der Waals surface area contributed by atoms with Gasteiger partial charge in [0, 0.05) is 22.8 Å². The summed E-state index contributed by atoms with van der Waals surface area (Å²) in [7, 11) is 1.61. The van der Waals surface area contributed by atoms with E-state index in [9.17, 15) is 10.1 Å². The van der Waals surface area contributed by atoms with Crippen molar-refractivity contribution in [2.75, 3.05) is 18.2 Å². The van der Waals surface area contributed by atoms with Crippen LogP contribution in [0.2, 0.25) is 10.0 Å². The van der Waals surface area contributed by atoms with E-state index in [4.69, 9.17) is 27.9 Å². The molecule has 0 spiro atoms. The van der Waals surface area contributed by atoms with Gasteiger partial charge in [0.15, 0.2) is 0 Å². The lowest BCUT2D eigenvalue weighted by Gasteiger charge is -2.09. The predicted octanol–water partition coefficient (Wildman–Crippen LogP) is 6.06. The van der Waals surface area contributed by atoms with Crippen molar-refractivity contribution in [3.63, 3.8) is 0 Å². The second kappa shape index (κ2) is 10.4. The van der Waals surface area contributed by atoms with E-state index in [-0.39, 0.29) is 12.3 Å². The minimum Gasteiger partial charge on any atom is -0.497 e. The molecule has 0 aliphatic rings. The number of carbonyl (C=O) groups excluding carboxylic acids is 1. The van der Waals surface area contributed by atoms with Gasteiger partial charge >= 0.3 is 0 Å². The maximum absolute atomic E-state index is 12.2. The molecule has 5 nitrogen and oxygen atoms in total. The summed E-state index contributed by atoms with van der Waals surface area (Å²) in [5.41, 5.74) is 2.64. The van der Waals surface area contributed by atoms with Crippen LogP contribution in [0, 0.1) is 11.3 Å². The van der Waals surface area contributed by atoms with Crippen LogP contribution in [0.25, 0.3) is 11.3 Å². The van der Waals surface area contributed by atoms with Crippen LogP contribution >= 0.6 is 35.0 Å². The second-order valence-electron chi connectivity index (χ2n) is 6.16. The van der Waals surface area contributed by atoms with Gasteiger partial charge in [-0.3, -0.25) is 4.79 Å². The third-order valence-electron chi connectivity index (χ3n) is 4.14. The first-order chi connectivity index (χ1) is 14.5. The van der Waals surface area contributed by atoms with Gasteiger partial charge in [-0.1, -0.05) is 23.2 Å². The molecule has 0 radical (unpaired) electrons. The first kappa shape index (κ1) is 22.0. The average Bonchev–Trinajstić information content (AvgIpc) is 2.75. The van der Waals surface area contributed by atoms with Gasteiger partial charge in [-0.05, 0) is 54.6 Å². The minimum absolute atomic E-state index is 0.184. The lowest BCUT2D eigenvalue weighted by molar-refractivity contribution is -0.115. The minimum atomic E-state index is -0.184. The largest absolute Gasteiger partial charge is 0.497 e. The molecule has 1 amide bonds. The van der Waals surface area contributed by atoms with Gasteiger partial charge < -0.3 is 10.1 Å². The number of halogens is 2. The molecule has 8 heteroatoms. The third kappa shape index (κ3) is 5.67. The number of nitriles is 1. The van der Waals surface area contributed by atoms with Crippen LogP contribution < -0.4 is 10.1 Å². The van der Waals surface area contributed by atoms with E-state index < -0.39 is 0 Å². The molecule has 3 rings (SSSR count). The fourth-order valence-electron chi connectivity index (χ4n) is 2.60. The summed E-state index contributed by atoms with van der Waals surface area (Å²) in [6, 6.07) is 18.1. The van der Waals surface area contributed by atoms with Crippen LogP contribution in [-0.2, 0) is 4.79 Å². The molecule has 0 fully saturated rings. The van der Waals surface area contributed by atoms with Crippen molar-refractivity contribution in [1.29, 1.82) is 5.26 Å². The zero-order valence-corrected chi connectivity index (χ0v) is 18.3. The normalized spacial score (nSPS) is 10.3. The molecule has 0 aliphatic heterocycles. The molecule has 0 aliphatic carbocycles. The summed E-state index contributed by atoms with van der Waals surface area (Å²) < 4.78 is 5.18. The Balaban J connectivity index is 1.65. The Morgan fingerprint density at radius 1 is 1.17 bits per heavy atom. The van der Waals surface area contributed by atoms with Crippen molar-refractivity contribution in [2.24, 2.45) is 0 Å². The van der Waals surface area contributed by atoms with Crippen molar-refractivity contribution in [1.82, 2.24) is 4.98 Å². The topological polar surface area (TPSA) is 75.0 Å². The standard InChI is InChI=1S/C22H17Cl2N3O2S/c1-29-17-6-2-14(3-7-17)19-8-4-15(13-25)22(27-19)30-11-10-21(28)26-20-9-5-16(23)12-18(20)24/h2-9,12H,10-11H2,1H3,(H,26,28). The highest BCUT2D eigenvalue weighted by atomic mass is 35.5. The Labute approximate surface area is 189 Å². The number of nitrogens with zero attached hydrogens (tertiary/aromatic N) is 2. The summed E-state index contributed by atoms with van der Waals surface area (Å²) in [5, 5.41) is 13.6. The Morgan fingerprint density at radius 2 is 1.93 bits per heavy atom. The first-order valence-corrected chi connectivity index (χ1v) is 10.7. The average molecular weight is 458 g/mol. The molecule has 3 aromatic rings. The van der Waals surface area contributed by atoms with Crippen LogP contribution in [0.3, 0.4) is 0 Å². The number of aromatic nitrogens is 1. The fourth-order valence-corrected chi connectivity index (χ4v) is 3.97. The second-order valence-corrected chi connectivity index (χ2v) is 8.09. The lowest BCUT2D eigenvalue weighted by atomic mass is 10.1. The molecule has 0 bridgehead atoms. The number of nitrogens with one attached hydrogen (secondary N) is 1. The number of hydrogen-bond donors (Lipinski definition) is 1. The van der Waals surface area contributed by atoms with Gasteiger partial charge in [-0.2, -0.15) is 5.26 Å². The molecule has 2 aromatic carbocycles. The van der Waals surface area contributed by atoms with Crippen molar-refractivity contribution in [2.45, 2.75) is 11.4 Å². The number of thioether (sulfide) groups is 1. The molecule has 152 valence electrons. The summed E-state index contributed by atoms with van der Waals surface area (Å²) in [5.74, 6) is 1.04. The van der Waals surface area contributed by atoms with E-state index in [1.54, 1.807) is 37.4 Å². The van der Waals surface area contributed by atoms with E-state index in [0.717, 1.165) is 17.0 Å². The number of hydrogen-bond acceptors (Lipinski definition) is 5. The smallest absolute Gasteiger partial charge is 0.225 e. The van der Waals surface area contributed by atoms with E-state index in [1.807, 2.05) is 24.3 Å². The van der Waals surface area contributed by atoms with Crippen LogP contribution in [0.4, 0.5) is 5.69 Å².